The summed E-state index contributed by atoms with van der Waals surface area (Å²) in [5.41, 5.74) is 0.958. The molecule has 2 aromatic carbocycles. The van der Waals surface area contributed by atoms with Crippen LogP contribution in [-0.2, 0) is 17.8 Å². The standard InChI is InChI=1S/C18H15F3N2OS/c1-2-14-11-23(17(25-14)22-16(24)18(19,20)21)10-13-8-5-7-12-6-3-4-9-15(12)13/h3-9,11H,2,10H2,1H3. The van der Waals surface area contributed by atoms with Crippen LogP contribution >= 0.6 is 11.3 Å². The molecule has 0 aliphatic carbocycles. The van der Waals surface area contributed by atoms with Crippen molar-refractivity contribution in [3.05, 3.63) is 63.9 Å². The van der Waals surface area contributed by atoms with E-state index in [1.807, 2.05) is 49.4 Å². The fourth-order valence-electron chi connectivity index (χ4n) is 2.56. The largest absolute Gasteiger partial charge is 0.473 e. The van der Waals surface area contributed by atoms with Crippen molar-refractivity contribution in [1.82, 2.24) is 4.57 Å². The van der Waals surface area contributed by atoms with Crippen molar-refractivity contribution in [2.75, 3.05) is 0 Å². The monoisotopic (exact) mass is 364 g/mol. The van der Waals surface area contributed by atoms with Crippen LogP contribution in [0, 0.1) is 0 Å². The molecule has 130 valence electrons. The molecule has 3 nitrogen and oxygen atoms in total. The highest BCUT2D eigenvalue weighted by atomic mass is 32.1. The first-order valence-electron chi connectivity index (χ1n) is 7.70. The summed E-state index contributed by atoms with van der Waals surface area (Å²) in [4.78, 5) is 15.5. The molecule has 0 aliphatic heterocycles. The van der Waals surface area contributed by atoms with E-state index in [-0.39, 0.29) is 4.80 Å². The third-order valence-corrected chi connectivity index (χ3v) is 4.94. The van der Waals surface area contributed by atoms with E-state index in [1.165, 1.54) is 0 Å². The maximum Gasteiger partial charge on any atom is 0.473 e. The summed E-state index contributed by atoms with van der Waals surface area (Å²) in [5.74, 6) is -2.08. The number of hydrogen-bond acceptors (Lipinski definition) is 2. The van der Waals surface area contributed by atoms with Crippen molar-refractivity contribution in [2.24, 2.45) is 4.99 Å². The number of benzene rings is 2. The van der Waals surface area contributed by atoms with Crippen LogP contribution in [0.1, 0.15) is 17.4 Å². The van der Waals surface area contributed by atoms with Crippen LogP contribution < -0.4 is 4.80 Å². The lowest BCUT2D eigenvalue weighted by atomic mass is 10.0. The lowest BCUT2D eigenvalue weighted by Gasteiger charge is -2.08. The number of aromatic nitrogens is 1. The summed E-state index contributed by atoms with van der Waals surface area (Å²) < 4.78 is 39.2. The van der Waals surface area contributed by atoms with Crippen LogP contribution in [0.3, 0.4) is 0 Å². The maximum absolute atomic E-state index is 12.5. The molecule has 25 heavy (non-hydrogen) atoms. The molecule has 0 radical (unpaired) electrons. The Balaban J connectivity index is 2.07. The molecule has 0 spiro atoms. The second-order valence-corrected chi connectivity index (χ2v) is 6.61. The summed E-state index contributed by atoms with van der Waals surface area (Å²) >= 11 is 1.10. The van der Waals surface area contributed by atoms with E-state index in [2.05, 4.69) is 4.99 Å². The highest BCUT2D eigenvalue weighted by molar-refractivity contribution is 7.09. The zero-order chi connectivity index (χ0) is 18.0. The number of amides is 1. The minimum absolute atomic E-state index is 0.0621. The molecule has 3 rings (SSSR count). The molecule has 0 atom stereocenters. The molecule has 0 saturated heterocycles. The topological polar surface area (TPSA) is 34.4 Å². The van der Waals surface area contributed by atoms with Crippen LogP contribution in [0.5, 0.6) is 0 Å². The zero-order valence-electron chi connectivity index (χ0n) is 13.4. The number of thiazole rings is 1. The third kappa shape index (κ3) is 3.82. The van der Waals surface area contributed by atoms with E-state index < -0.39 is 12.1 Å². The van der Waals surface area contributed by atoms with Crippen molar-refractivity contribution in [3.63, 3.8) is 0 Å². The van der Waals surface area contributed by atoms with Gasteiger partial charge in [0.2, 0.25) is 0 Å². The van der Waals surface area contributed by atoms with Crippen molar-refractivity contribution in [2.45, 2.75) is 26.1 Å². The van der Waals surface area contributed by atoms with E-state index in [9.17, 15) is 18.0 Å². The lowest BCUT2D eigenvalue weighted by Crippen LogP contribution is -2.25. The molecule has 0 saturated carbocycles. The summed E-state index contributed by atoms with van der Waals surface area (Å²) in [6.07, 6.45) is -2.54. The van der Waals surface area contributed by atoms with Crippen LogP contribution in [-0.4, -0.2) is 16.7 Å². The number of rotatable bonds is 3. The predicted octanol–water partition coefficient (Wildman–Crippen LogP) is 4.30. The average molecular weight is 364 g/mol. The smallest absolute Gasteiger partial charge is 0.319 e. The van der Waals surface area contributed by atoms with Gasteiger partial charge in [-0.1, -0.05) is 49.4 Å². The lowest BCUT2D eigenvalue weighted by molar-refractivity contribution is -0.169. The Morgan fingerprint density at radius 2 is 1.88 bits per heavy atom. The molecular weight excluding hydrogens is 349 g/mol. The Kier molecular flexibility index (Phi) is 4.76. The number of carbonyl (C=O) groups is 1. The van der Waals surface area contributed by atoms with Crippen molar-refractivity contribution in [1.29, 1.82) is 0 Å². The van der Waals surface area contributed by atoms with Crippen LogP contribution in [0.25, 0.3) is 10.8 Å². The van der Waals surface area contributed by atoms with Gasteiger partial charge in [0.15, 0.2) is 4.80 Å². The Morgan fingerprint density at radius 1 is 1.16 bits per heavy atom. The SMILES string of the molecule is CCc1cn(Cc2cccc3ccccc23)c(=NC(=O)C(F)(F)F)s1. The highest BCUT2D eigenvalue weighted by Gasteiger charge is 2.38. The fraction of sp³-hybridized carbons (Fsp3) is 0.222. The second kappa shape index (κ2) is 6.84. The van der Waals surface area contributed by atoms with Crippen molar-refractivity contribution < 1.29 is 18.0 Å². The van der Waals surface area contributed by atoms with Gasteiger partial charge in [-0.25, -0.2) is 0 Å². The molecule has 0 N–H and O–H groups in total. The van der Waals surface area contributed by atoms with E-state index in [0.29, 0.717) is 13.0 Å². The zero-order valence-corrected chi connectivity index (χ0v) is 14.2. The molecule has 0 aliphatic rings. The number of fused-ring (bicyclic) bond motifs is 1. The van der Waals surface area contributed by atoms with E-state index in [0.717, 1.165) is 32.5 Å². The molecule has 3 aromatic rings. The van der Waals surface area contributed by atoms with Crippen molar-refractivity contribution >= 4 is 28.0 Å². The number of alkyl halides is 3. The number of carbonyl (C=O) groups excluding carboxylic acids is 1. The molecule has 0 unspecified atom stereocenters. The minimum atomic E-state index is -4.96. The number of aryl methyl sites for hydroxylation is 1. The van der Waals surface area contributed by atoms with Crippen LogP contribution in [0.4, 0.5) is 13.2 Å². The molecule has 0 bridgehead atoms. The normalized spacial score (nSPS) is 12.7. The quantitative estimate of drug-likeness (QED) is 0.682. The van der Waals surface area contributed by atoms with Crippen LogP contribution in [0.15, 0.2) is 53.7 Å². The first kappa shape index (κ1) is 17.4. The maximum atomic E-state index is 12.5. The van der Waals surface area contributed by atoms with Gasteiger partial charge >= 0.3 is 12.1 Å². The van der Waals surface area contributed by atoms with E-state index >= 15 is 0 Å². The minimum Gasteiger partial charge on any atom is -0.319 e. The van der Waals surface area contributed by atoms with Gasteiger partial charge in [-0.3, -0.25) is 4.79 Å². The van der Waals surface area contributed by atoms with Gasteiger partial charge in [-0.15, -0.1) is 11.3 Å². The number of hydrogen-bond donors (Lipinski definition) is 0. The fourth-order valence-corrected chi connectivity index (χ4v) is 3.48. The molecule has 0 fully saturated rings. The van der Waals surface area contributed by atoms with Gasteiger partial charge in [-0.05, 0) is 22.8 Å². The van der Waals surface area contributed by atoms with Gasteiger partial charge < -0.3 is 4.57 Å². The van der Waals surface area contributed by atoms with E-state index in [4.69, 9.17) is 0 Å². The van der Waals surface area contributed by atoms with Gasteiger partial charge in [-0.2, -0.15) is 18.2 Å². The molecular formula is C18H15F3N2OS. The molecule has 1 aromatic heterocycles. The molecule has 1 amide bonds. The van der Waals surface area contributed by atoms with Crippen molar-refractivity contribution in [3.8, 4) is 0 Å². The molecule has 7 heteroatoms. The Bertz CT molecular complexity index is 980. The second-order valence-electron chi connectivity index (χ2n) is 5.51. The van der Waals surface area contributed by atoms with Crippen LogP contribution in [0.2, 0.25) is 0 Å². The predicted molar refractivity (Wildman–Crippen MR) is 91.4 cm³/mol. The summed E-state index contributed by atoms with van der Waals surface area (Å²) in [6.45, 7) is 2.26. The Labute approximate surface area is 146 Å². The number of nitrogens with zero attached hydrogens (tertiary/aromatic N) is 2. The first-order chi connectivity index (χ1) is 11.9. The van der Waals surface area contributed by atoms with Gasteiger partial charge in [0, 0.05) is 11.1 Å². The Hall–Kier alpha value is -2.41. The van der Waals surface area contributed by atoms with Gasteiger partial charge in [0.25, 0.3) is 0 Å². The van der Waals surface area contributed by atoms with E-state index in [1.54, 1.807) is 10.8 Å². The first-order valence-corrected chi connectivity index (χ1v) is 8.52. The Morgan fingerprint density at radius 3 is 2.60 bits per heavy atom. The number of halogens is 3. The molecule has 1 heterocycles. The highest BCUT2D eigenvalue weighted by Crippen LogP contribution is 2.20. The summed E-state index contributed by atoms with van der Waals surface area (Å²) in [5, 5.41) is 2.08. The summed E-state index contributed by atoms with van der Waals surface area (Å²) in [6, 6.07) is 13.6. The van der Waals surface area contributed by atoms with Gasteiger partial charge in [0.1, 0.15) is 0 Å². The summed E-state index contributed by atoms with van der Waals surface area (Å²) in [7, 11) is 0. The average Bonchev–Trinajstić information content (AvgIpc) is 2.96. The van der Waals surface area contributed by atoms with Gasteiger partial charge in [0.05, 0.1) is 6.54 Å². The third-order valence-electron chi connectivity index (χ3n) is 3.78.